The van der Waals surface area contributed by atoms with Gasteiger partial charge in [-0.1, -0.05) is 18.6 Å². The number of nitrogens with one attached hydrogen (secondary N) is 2. The monoisotopic (exact) mass is 436 g/mol. The maximum absolute atomic E-state index is 12.7. The zero-order chi connectivity index (χ0) is 22.5. The first-order valence-electron chi connectivity index (χ1n) is 10.2. The minimum Gasteiger partial charge on any atom is -0.511 e. The van der Waals surface area contributed by atoms with Crippen molar-refractivity contribution in [2.45, 2.75) is 52.4 Å². The van der Waals surface area contributed by atoms with Crippen LogP contribution in [-0.2, 0) is 9.59 Å². The number of hydrogen-bond acceptors (Lipinski definition) is 6. The Morgan fingerprint density at radius 2 is 2.00 bits per heavy atom. The van der Waals surface area contributed by atoms with Gasteiger partial charge in [0.15, 0.2) is 6.29 Å². The third-order valence-electron chi connectivity index (χ3n) is 5.39. The van der Waals surface area contributed by atoms with E-state index < -0.39 is 0 Å². The zero-order valence-corrected chi connectivity index (χ0v) is 18.8. The van der Waals surface area contributed by atoms with E-state index in [-0.39, 0.29) is 35.1 Å². The molecule has 0 aromatic rings. The summed E-state index contributed by atoms with van der Waals surface area (Å²) in [5, 5.41) is 23.6. The van der Waals surface area contributed by atoms with E-state index in [1.807, 2.05) is 19.1 Å². The molecule has 1 aliphatic carbocycles. The lowest BCUT2D eigenvalue weighted by atomic mass is 9.77. The van der Waals surface area contributed by atoms with Crippen LogP contribution in [0.15, 0.2) is 45.1 Å². The molecule has 7 nitrogen and oxygen atoms in total. The van der Waals surface area contributed by atoms with Crippen LogP contribution in [-0.4, -0.2) is 42.7 Å². The highest BCUT2D eigenvalue weighted by atomic mass is 35.5. The van der Waals surface area contributed by atoms with Gasteiger partial charge in [0, 0.05) is 31.1 Å². The Morgan fingerprint density at radius 1 is 1.30 bits per heavy atom. The van der Waals surface area contributed by atoms with Crippen LogP contribution in [0.2, 0.25) is 0 Å². The van der Waals surface area contributed by atoms with Crippen molar-refractivity contribution in [1.82, 2.24) is 10.6 Å². The van der Waals surface area contributed by atoms with Crippen molar-refractivity contribution in [2.24, 2.45) is 22.0 Å². The summed E-state index contributed by atoms with van der Waals surface area (Å²) in [5.41, 5.74) is 2.50. The Bertz CT molecular complexity index is 741. The van der Waals surface area contributed by atoms with E-state index in [0.29, 0.717) is 31.2 Å². The Morgan fingerprint density at radius 3 is 2.57 bits per heavy atom. The molecule has 30 heavy (non-hydrogen) atoms. The van der Waals surface area contributed by atoms with Gasteiger partial charge in [0.05, 0.1) is 11.6 Å². The van der Waals surface area contributed by atoms with Gasteiger partial charge in [0.2, 0.25) is 5.91 Å². The lowest BCUT2D eigenvalue weighted by Crippen LogP contribution is -2.36. The Hall–Kier alpha value is -2.41. The zero-order valence-electron chi connectivity index (χ0n) is 18.1. The predicted octanol–water partition coefficient (Wildman–Crippen LogP) is 4.02. The SMILES string of the molecule is C=N/N=C(\CCC(/C=C\C)=C(\O)CCl)C1CCCC(C(=O)N/C(C=O)=C(\C)NC)C1. The van der Waals surface area contributed by atoms with Crippen LogP contribution >= 0.6 is 11.6 Å². The van der Waals surface area contributed by atoms with Crippen LogP contribution < -0.4 is 10.6 Å². The molecule has 1 aliphatic rings. The van der Waals surface area contributed by atoms with Crippen molar-refractivity contribution in [3.05, 3.63) is 34.9 Å². The fourth-order valence-electron chi connectivity index (χ4n) is 3.61. The first-order valence-corrected chi connectivity index (χ1v) is 10.7. The maximum atomic E-state index is 12.7. The molecule has 0 saturated heterocycles. The van der Waals surface area contributed by atoms with Gasteiger partial charge in [0.1, 0.15) is 5.76 Å². The molecule has 1 saturated carbocycles. The van der Waals surface area contributed by atoms with Gasteiger partial charge >= 0.3 is 0 Å². The largest absolute Gasteiger partial charge is 0.511 e. The van der Waals surface area contributed by atoms with E-state index in [0.717, 1.165) is 30.5 Å². The van der Waals surface area contributed by atoms with Gasteiger partial charge in [-0.15, -0.1) is 11.6 Å². The molecule has 2 atom stereocenters. The normalized spacial score (nSPS) is 21.5. The molecule has 1 rings (SSSR count). The van der Waals surface area contributed by atoms with Crippen LogP contribution in [0, 0.1) is 11.8 Å². The van der Waals surface area contributed by atoms with E-state index >= 15 is 0 Å². The van der Waals surface area contributed by atoms with E-state index in [9.17, 15) is 14.7 Å². The molecule has 0 radical (unpaired) electrons. The van der Waals surface area contributed by atoms with Crippen LogP contribution in [0.3, 0.4) is 0 Å². The second kappa shape index (κ2) is 13.7. The smallest absolute Gasteiger partial charge is 0.227 e. The Labute approximate surface area is 184 Å². The summed E-state index contributed by atoms with van der Waals surface area (Å²) in [6.07, 6.45) is 8.70. The highest BCUT2D eigenvalue weighted by molar-refractivity contribution is 6.19. The van der Waals surface area contributed by atoms with Crippen molar-refractivity contribution in [2.75, 3.05) is 12.9 Å². The summed E-state index contributed by atoms with van der Waals surface area (Å²) in [7, 11) is 1.70. The van der Waals surface area contributed by atoms with Crippen LogP contribution in [0.1, 0.15) is 52.4 Å². The van der Waals surface area contributed by atoms with Gasteiger partial charge in [0.25, 0.3) is 0 Å². The van der Waals surface area contributed by atoms with E-state index in [4.69, 9.17) is 11.6 Å². The highest BCUT2D eigenvalue weighted by Gasteiger charge is 2.30. The highest BCUT2D eigenvalue weighted by Crippen LogP contribution is 2.32. The molecule has 0 bridgehead atoms. The molecule has 0 aromatic carbocycles. The molecule has 0 aliphatic heterocycles. The average molecular weight is 437 g/mol. The topological polar surface area (TPSA) is 103 Å². The molecular weight excluding hydrogens is 404 g/mol. The van der Waals surface area contributed by atoms with Crippen molar-refractivity contribution in [1.29, 1.82) is 0 Å². The number of nitrogens with zero attached hydrogens (tertiary/aromatic N) is 2. The van der Waals surface area contributed by atoms with Crippen molar-refractivity contribution >= 4 is 36.2 Å². The summed E-state index contributed by atoms with van der Waals surface area (Å²) < 4.78 is 0. The predicted molar refractivity (Wildman–Crippen MR) is 123 cm³/mol. The number of carbonyl (C=O) groups is 2. The van der Waals surface area contributed by atoms with E-state index in [1.54, 1.807) is 14.0 Å². The number of rotatable bonds is 11. The van der Waals surface area contributed by atoms with Gasteiger partial charge in [-0.05, 0) is 57.4 Å². The third kappa shape index (κ3) is 7.78. The van der Waals surface area contributed by atoms with Gasteiger partial charge < -0.3 is 15.7 Å². The lowest BCUT2D eigenvalue weighted by Gasteiger charge is -2.29. The summed E-state index contributed by atoms with van der Waals surface area (Å²) in [5.74, 6) is -0.0682. The molecule has 0 spiro atoms. The molecule has 1 fully saturated rings. The quantitative estimate of drug-likeness (QED) is 0.0865. The summed E-state index contributed by atoms with van der Waals surface area (Å²) in [6.45, 7) is 7.09. The number of allylic oxidation sites excluding steroid dienone is 6. The first-order chi connectivity index (χ1) is 14.4. The number of carbonyl (C=O) groups excluding carboxylic acids is 2. The minimum absolute atomic E-state index is 0.0517. The first kappa shape index (κ1) is 25.6. The number of amides is 1. The fourth-order valence-corrected chi connectivity index (χ4v) is 3.78. The fraction of sp³-hybridized carbons (Fsp3) is 0.545. The molecular formula is C22H33ClN4O3. The molecule has 1 amide bonds. The molecule has 0 aromatic heterocycles. The van der Waals surface area contributed by atoms with Gasteiger partial charge in [-0.25, -0.2) is 0 Å². The third-order valence-corrected chi connectivity index (χ3v) is 5.64. The van der Waals surface area contributed by atoms with E-state index in [1.165, 1.54) is 0 Å². The van der Waals surface area contributed by atoms with E-state index in [2.05, 4.69) is 27.6 Å². The molecule has 2 unspecified atom stereocenters. The van der Waals surface area contributed by atoms with Crippen LogP contribution in [0.4, 0.5) is 0 Å². The van der Waals surface area contributed by atoms with Crippen molar-refractivity contribution in [3.63, 3.8) is 0 Å². The van der Waals surface area contributed by atoms with Crippen molar-refractivity contribution < 1.29 is 14.7 Å². The number of hydrogen-bond donors (Lipinski definition) is 3. The lowest BCUT2D eigenvalue weighted by molar-refractivity contribution is -0.126. The Kier molecular flexibility index (Phi) is 11.7. The summed E-state index contributed by atoms with van der Waals surface area (Å²) in [6, 6.07) is 0. The van der Waals surface area contributed by atoms with Gasteiger partial charge in [-0.3, -0.25) is 9.59 Å². The number of halogens is 1. The number of aliphatic hydroxyl groups excluding tert-OH is 1. The van der Waals surface area contributed by atoms with Crippen LogP contribution in [0.25, 0.3) is 0 Å². The number of aldehydes is 1. The number of aliphatic hydroxyl groups is 1. The summed E-state index contributed by atoms with van der Waals surface area (Å²) in [4.78, 5) is 24.0. The molecule has 0 heterocycles. The second-order valence-corrected chi connectivity index (χ2v) is 7.56. The maximum Gasteiger partial charge on any atom is 0.227 e. The standard InChI is InChI=1S/C22H33ClN4O3/c1-5-7-16(21(29)13-23)10-11-19(27-25-4)17-8-6-9-18(12-17)22(30)26-20(14-28)15(2)24-3/h5,7,14,17-18,24,29H,4,6,8-13H2,1-3H3,(H,26,30)/b7-5-,20-15+,21-16-,27-19+. The molecule has 8 heteroatoms. The van der Waals surface area contributed by atoms with Crippen LogP contribution in [0.5, 0.6) is 0 Å². The minimum atomic E-state index is -0.208. The second-order valence-electron chi connectivity index (χ2n) is 7.29. The molecule has 166 valence electrons. The number of alkyl halides is 1. The average Bonchev–Trinajstić information content (AvgIpc) is 2.78. The Balaban J connectivity index is 2.90. The molecule has 3 N–H and O–H groups in total. The summed E-state index contributed by atoms with van der Waals surface area (Å²) >= 11 is 5.77. The van der Waals surface area contributed by atoms with Gasteiger partial charge in [-0.2, -0.15) is 10.2 Å². The van der Waals surface area contributed by atoms with Crippen molar-refractivity contribution in [3.8, 4) is 0 Å².